The molecule has 0 saturated heterocycles. The Morgan fingerprint density at radius 2 is 1.56 bits per heavy atom. The molecule has 2 rings (SSSR count). The first kappa shape index (κ1) is 27.1. The van der Waals surface area contributed by atoms with E-state index in [2.05, 4.69) is 75.2 Å². The Morgan fingerprint density at radius 1 is 1.00 bits per heavy atom. The second-order valence-electron chi connectivity index (χ2n) is 9.12. The summed E-state index contributed by atoms with van der Waals surface area (Å²) in [6, 6.07) is 20.9. The zero-order chi connectivity index (χ0) is 23.6. The molecule has 0 radical (unpaired) electrons. The van der Waals surface area contributed by atoms with Crippen molar-refractivity contribution in [2.75, 3.05) is 13.2 Å². The van der Waals surface area contributed by atoms with E-state index in [0.717, 1.165) is 5.57 Å². The van der Waals surface area contributed by atoms with Gasteiger partial charge in [-0.15, -0.1) is 0 Å². The average molecular weight is 583 g/mol. The van der Waals surface area contributed by atoms with Gasteiger partial charge in [-0.25, -0.2) is 0 Å². The van der Waals surface area contributed by atoms with E-state index in [-0.39, 0.29) is 45.7 Å². The van der Waals surface area contributed by atoms with Crippen LogP contribution in [0.25, 0.3) is 0 Å². The first-order valence-electron chi connectivity index (χ1n) is 11.1. The quantitative estimate of drug-likeness (QED) is 0.219. The van der Waals surface area contributed by atoms with Gasteiger partial charge in [0.15, 0.2) is 0 Å². The SMILES string of the molecule is CCOC(=O)/C(=C\[Se]c1ccccc1)CC(CO[Si](C)(C)C(C)(C)C)[Se]c1ccccc1. The molecular weight excluding hydrogens is 546 g/mol. The molecule has 32 heavy (non-hydrogen) atoms. The van der Waals surface area contributed by atoms with Crippen LogP contribution in [0.3, 0.4) is 0 Å². The molecule has 0 aliphatic carbocycles. The van der Waals surface area contributed by atoms with Gasteiger partial charge in [-0.3, -0.25) is 0 Å². The number of carbonyl (C=O) groups excluding carboxylic acids is 1. The number of carbonyl (C=O) groups is 1. The molecule has 1 unspecified atom stereocenters. The Labute approximate surface area is 207 Å². The van der Waals surface area contributed by atoms with E-state index in [4.69, 9.17) is 9.16 Å². The molecule has 0 spiro atoms. The van der Waals surface area contributed by atoms with Crippen molar-refractivity contribution in [1.29, 1.82) is 0 Å². The molecule has 0 amide bonds. The maximum absolute atomic E-state index is 12.8. The van der Waals surface area contributed by atoms with Crippen LogP contribution in [0, 0.1) is 0 Å². The van der Waals surface area contributed by atoms with Crippen LogP contribution in [0.4, 0.5) is 0 Å². The number of hydrogen-bond donors (Lipinski definition) is 0. The van der Waals surface area contributed by atoms with Gasteiger partial charge in [-0.2, -0.15) is 0 Å². The van der Waals surface area contributed by atoms with Crippen LogP contribution in [0.2, 0.25) is 22.9 Å². The summed E-state index contributed by atoms with van der Waals surface area (Å²) < 4.78 is 14.6. The van der Waals surface area contributed by atoms with Gasteiger partial charge in [0.05, 0.1) is 0 Å². The summed E-state index contributed by atoms with van der Waals surface area (Å²) >= 11 is 0.295. The topological polar surface area (TPSA) is 35.5 Å². The Hall–Kier alpha value is -1.13. The third-order valence-corrected chi connectivity index (χ3v) is 14.5. The van der Waals surface area contributed by atoms with Gasteiger partial charge >= 0.3 is 209 Å². The molecule has 0 fully saturated rings. The van der Waals surface area contributed by atoms with Crippen LogP contribution < -0.4 is 8.92 Å². The van der Waals surface area contributed by atoms with Crippen molar-refractivity contribution in [2.24, 2.45) is 0 Å². The van der Waals surface area contributed by atoms with Crippen LogP contribution in [0.1, 0.15) is 34.1 Å². The van der Waals surface area contributed by atoms with E-state index >= 15 is 0 Å². The minimum absolute atomic E-state index is 0.0912. The summed E-state index contributed by atoms with van der Waals surface area (Å²) in [4.78, 5) is 15.2. The third-order valence-electron chi connectivity index (χ3n) is 5.55. The first-order valence-corrected chi connectivity index (χ1v) is 17.7. The van der Waals surface area contributed by atoms with Crippen molar-refractivity contribution in [3.8, 4) is 0 Å². The van der Waals surface area contributed by atoms with Gasteiger partial charge < -0.3 is 0 Å². The second-order valence-corrected chi connectivity index (χ2v) is 18.8. The molecule has 2 aromatic rings. The van der Waals surface area contributed by atoms with E-state index in [0.29, 0.717) is 19.6 Å². The van der Waals surface area contributed by atoms with E-state index in [9.17, 15) is 4.79 Å². The average Bonchev–Trinajstić information content (AvgIpc) is 2.75. The van der Waals surface area contributed by atoms with Gasteiger partial charge in [0, 0.05) is 0 Å². The van der Waals surface area contributed by atoms with Crippen molar-refractivity contribution in [3.05, 3.63) is 71.2 Å². The summed E-state index contributed by atoms with van der Waals surface area (Å²) in [7, 11) is -1.87. The number of benzene rings is 2. The summed E-state index contributed by atoms with van der Waals surface area (Å²) in [5, 5.41) is 0.160. The van der Waals surface area contributed by atoms with E-state index in [1.54, 1.807) is 0 Å². The molecular formula is C26H36O3Se2Si. The summed E-state index contributed by atoms with van der Waals surface area (Å²) in [6.07, 6.45) is 0.691. The molecule has 0 saturated carbocycles. The molecule has 174 valence electrons. The Bertz CT molecular complexity index is 862. The van der Waals surface area contributed by atoms with Crippen LogP contribution in [0.5, 0.6) is 0 Å². The Balaban J connectivity index is 2.23. The molecule has 0 N–H and O–H groups in total. The second kappa shape index (κ2) is 12.9. The van der Waals surface area contributed by atoms with E-state index in [1.165, 1.54) is 8.92 Å². The number of rotatable bonds is 11. The Kier molecular flexibility index (Phi) is 11.0. The molecule has 0 heterocycles. The predicted octanol–water partition coefficient (Wildman–Crippen LogP) is 4.69. The fraction of sp³-hybridized carbons (Fsp3) is 0.423. The fourth-order valence-electron chi connectivity index (χ4n) is 2.63. The van der Waals surface area contributed by atoms with E-state index < -0.39 is 8.32 Å². The maximum atomic E-state index is 12.8. The number of ether oxygens (including phenoxy) is 1. The van der Waals surface area contributed by atoms with Crippen molar-refractivity contribution < 1.29 is 14.0 Å². The van der Waals surface area contributed by atoms with Gasteiger partial charge in [0.1, 0.15) is 0 Å². The van der Waals surface area contributed by atoms with Crippen LogP contribution >= 0.6 is 0 Å². The van der Waals surface area contributed by atoms with Gasteiger partial charge in [-0.1, -0.05) is 0 Å². The number of hydrogen-bond acceptors (Lipinski definition) is 3. The monoisotopic (exact) mass is 584 g/mol. The van der Waals surface area contributed by atoms with E-state index in [1.807, 2.05) is 31.2 Å². The normalized spacial score (nSPS) is 13.6. The van der Waals surface area contributed by atoms with Crippen molar-refractivity contribution >= 4 is 53.1 Å². The van der Waals surface area contributed by atoms with Gasteiger partial charge in [0.25, 0.3) is 0 Å². The van der Waals surface area contributed by atoms with Crippen LogP contribution in [-0.4, -0.2) is 57.4 Å². The summed E-state index contributed by atoms with van der Waals surface area (Å²) in [5.74, 6) is -0.188. The van der Waals surface area contributed by atoms with Crippen LogP contribution in [-0.2, 0) is 14.0 Å². The molecule has 0 aromatic heterocycles. The van der Waals surface area contributed by atoms with Crippen molar-refractivity contribution in [3.63, 3.8) is 0 Å². The van der Waals surface area contributed by atoms with Crippen molar-refractivity contribution in [1.82, 2.24) is 0 Å². The molecule has 0 aliphatic heterocycles. The van der Waals surface area contributed by atoms with Crippen LogP contribution in [0.15, 0.2) is 71.2 Å². The third kappa shape index (κ3) is 9.01. The zero-order valence-corrected chi connectivity index (χ0v) is 24.5. The first-order chi connectivity index (χ1) is 15.1. The van der Waals surface area contributed by atoms with Crippen molar-refractivity contribution in [2.45, 2.75) is 57.1 Å². The molecule has 2 aromatic carbocycles. The summed E-state index contributed by atoms with van der Waals surface area (Å²) in [6.45, 7) is 14.3. The summed E-state index contributed by atoms with van der Waals surface area (Å²) in [5.41, 5.74) is 0.789. The van der Waals surface area contributed by atoms with Gasteiger partial charge in [0.2, 0.25) is 0 Å². The number of esters is 1. The Morgan fingerprint density at radius 3 is 2.09 bits per heavy atom. The minimum atomic E-state index is -1.87. The fourth-order valence-corrected chi connectivity index (χ4v) is 7.90. The standard InChI is InChI=1S/C26H36O3Se2Si/c1-7-28-25(27)21(20-30-22-14-10-8-11-15-22)18-24(31-23-16-12-9-13-17-23)19-29-32(5,6)26(2,3)4/h8-17,20,24H,7,18-19H2,1-6H3/b21-20-. The van der Waals surface area contributed by atoms with Gasteiger partial charge in [-0.05, 0) is 0 Å². The molecule has 6 heteroatoms. The predicted molar refractivity (Wildman–Crippen MR) is 140 cm³/mol. The molecule has 0 bridgehead atoms. The molecule has 3 nitrogen and oxygen atoms in total. The molecule has 0 aliphatic rings. The molecule has 1 atom stereocenters. The zero-order valence-electron chi connectivity index (χ0n) is 20.1.